The summed E-state index contributed by atoms with van der Waals surface area (Å²) in [4.78, 5) is 16.7. The molecule has 0 radical (unpaired) electrons. The number of halogens is 1. The van der Waals surface area contributed by atoms with E-state index in [0.29, 0.717) is 4.62 Å². The van der Waals surface area contributed by atoms with Gasteiger partial charge in [-0.1, -0.05) is 41.5 Å². The summed E-state index contributed by atoms with van der Waals surface area (Å²) in [7, 11) is 0. The fourth-order valence-corrected chi connectivity index (χ4v) is 4.82. The number of hydrogen-bond acceptors (Lipinski definition) is 5. The largest absolute Gasteiger partial charge is 0.350 e. The third-order valence-corrected chi connectivity index (χ3v) is 8.35. The number of nitrogens with zero attached hydrogens (tertiary/aromatic N) is 3. The van der Waals surface area contributed by atoms with E-state index in [9.17, 15) is 4.79 Å². The molecule has 25 heavy (non-hydrogen) atoms. The van der Waals surface area contributed by atoms with Gasteiger partial charge in [0, 0.05) is 5.41 Å². The molecule has 1 amide bonds. The number of carbonyl (C=O) groups is 1. The van der Waals surface area contributed by atoms with Gasteiger partial charge in [-0.2, -0.15) is 5.10 Å². The summed E-state index contributed by atoms with van der Waals surface area (Å²) >= 11 is 3.46. The highest BCUT2D eigenvalue weighted by molar-refractivity contribution is 9.18. The Morgan fingerprint density at radius 1 is 1.12 bits per heavy atom. The fraction of sp³-hybridized carbons (Fsp3) is 0.833. The summed E-state index contributed by atoms with van der Waals surface area (Å²) in [5.74, 6) is -0.517. The van der Waals surface area contributed by atoms with Gasteiger partial charge in [0.1, 0.15) is 10.5 Å². The van der Waals surface area contributed by atoms with Crippen LogP contribution in [0.1, 0.15) is 55.4 Å². The SMILES string of the molecule is CC1(C)O[C@H](N2N=C(Br)[C@@H]3C(=O)NC=N[C@H]32)C(C)(C)C(C)(C)C1(C)C. The molecule has 3 aliphatic rings. The lowest BCUT2D eigenvalue weighted by Gasteiger charge is -2.66. The van der Waals surface area contributed by atoms with Gasteiger partial charge in [0.15, 0.2) is 12.4 Å². The predicted octanol–water partition coefficient (Wildman–Crippen LogP) is 3.32. The first kappa shape index (κ1) is 18.8. The fourth-order valence-electron chi connectivity index (χ4n) is 4.19. The average molecular weight is 413 g/mol. The van der Waals surface area contributed by atoms with E-state index in [1.807, 2.05) is 5.01 Å². The van der Waals surface area contributed by atoms with Crippen LogP contribution in [0.3, 0.4) is 0 Å². The van der Waals surface area contributed by atoms with Crippen molar-refractivity contribution in [2.24, 2.45) is 32.3 Å². The van der Waals surface area contributed by atoms with E-state index < -0.39 is 5.92 Å². The van der Waals surface area contributed by atoms with Gasteiger partial charge in [0.05, 0.1) is 11.9 Å². The van der Waals surface area contributed by atoms with Gasteiger partial charge in [0.25, 0.3) is 0 Å². The minimum atomic E-state index is -0.425. The van der Waals surface area contributed by atoms with Crippen molar-refractivity contribution < 1.29 is 9.53 Å². The highest BCUT2D eigenvalue weighted by Crippen LogP contribution is 2.63. The van der Waals surface area contributed by atoms with Crippen LogP contribution in [-0.4, -0.2) is 39.9 Å². The minimum absolute atomic E-state index is 0.0485. The molecular weight excluding hydrogens is 384 g/mol. The van der Waals surface area contributed by atoms with Crippen molar-refractivity contribution in [2.45, 2.75) is 73.4 Å². The summed E-state index contributed by atoms with van der Waals surface area (Å²) < 4.78 is 7.25. The first-order valence-corrected chi connectivity index (χ1v) is 9.57. The molecule has 0 saturated carbocycles. The Kier molecular flexibility index (Phi) is 3.98. The van der Waals surface area contributed by atoms with Crippen LogP contribution in [0.15, 0.2) is 10.1 Å². The van der Waals surface area contributed by atoms with E-state index in [2.05, 4.69) is 86.7 Å². The van der Waals surface area contributed by atoms with E-state index in [1.165, 1.54) is 6.34 Å². The number of amides is 1. The summed E-state index contributed by atoms with van der Waals surface area (Å²) in [6, 6.07) is 0. The number of aliphatic imine (C=N–C) groups is 1. The average Bonchev–Trinajstić information content (AvgIpc) is 2.81. The lowest BCUT2D eigenvalue weighted by Crippen LogP contribution is -2.69. The zero-order valence-corrected chi connectivity index (χ0v) is 17.9. The molecule has 0 aliphatic carbocycles. The van der Waals surface area contributed by atoms with Crippen molar-refractivity contribution in [3.8, 4) is 0 Å². The van der Waals surface area contributed by atoms with Gasteiger partial charge in [-0.25, -0.2) is 10.0 Å². The molecular formula is C18H29BrN4O2. The molecule has 1 saturated heterocycles. The molecule has 0 aromatic heterocycles. The van der Waals surface area contributed by atoms with Crippen LogP contribution in [0.25, 0.3) is 0 Å². The van der Waals surface area contributed by atoms with Crippen LogP contribution in [0.2, 0.25) is 0 Å². The summed E-state index contributed by atoms with van der Waals surface area (Å²) in [5, 5.41) is 9.19. The number of hydrazone groups is 1. The number of nitrogens with one attached hydrogen (secondary N) is 1. The maximum Gasteiger partial charge on any atom is 0.239 e. The number of ether oxygens (including phenoxy) is 1. The van der Waals surface area contributed by atoms with Crippen molar-refractivity contribution in [2.75, 3.05) is 0 Å². The lowest BCUT2D eigenvalue weighted by molar-refractivity contribution is -0.327. The molecule has 0 bridgehead atoms. The molecule has 7 heteroatoms. The zero-order chi connectivity index (χ0) is 19.0. The van der Waals surface area contributed by atoms with E-state index in [1.54, 1.807) is 0 Å². The van der Waals surface area contributed by atoms with E-state index in [-0.39, 0.29) is 40.1 Å². The smallest absolute Gasteiger partial charge is 0.239 e. The topological polar surface area (TPSA) is 66.3 Å². The molecule has 3 aliphatic heterocycles. The van der Waals surface area contributed by atoms with Crippen molar-refractivity contribution in [1.29, 1.82) is 0 Å². The third-order valence-electron chi connectivity index (χ3n) is 7.70. The molecule has 0 aromatic rings. The van der Waals surface area contributed by atoms with Crippen LogP contribution >= 0.6 is 15.9 Å². The highest BCUT2D eigenvalue weighted by atomic mass is 79.9. The first-order chi connectivity index (χ1) is 11.3. The normalized spacial score (nSPS) is 37.3. The zero-order valence-electron chi connectivity index (χ0n) is 16.3. The van der Waals surface area contributed by atoms with E-state index >= 15 is 0 Å². The maximum absolute atomic E-state index is 12.3. The molecule has 1 N–H and O–H groups in total. The lowest BCUT2D eigenvalue weighted by atomic mass is 9.48. The molecule has 3 heterocycles. The maximum atomic E-state index is 12.3. The second-order valence-electron chi connectivity index (χ2n) is 9.43. The Morgan fingerprint density at radius 3 is 2.32 bits per heavy atom. The Hall–Kier alpha value is -0.950. The second kappa shape index (κ2) is 5.28. The van der Waals surface area contributed by atoms with Gasteiger partial charge in [-0.05, 0) is 40.6 Å². The number of fused-ring (bicyclic) bond motifs is 1. The van der Waals surface area contributed by atoms with Crippen LogP contribution in [0, 0.1) is 22.2 Å². The summed E-state index contributed by atoms with van der Waals surface area (Å²) in [5.41, 5.74) is -0.695. The Balaban J connectivity index is 2.07. The van der Waals surface area contributed by atoms with Crippen molar-refractivity contribution >= 4 is 32.8 Å². The van der Waals surface area contributed by atoms with Gasteiger partial charge in [0.2, 0.25) is 5.91 Å². The molecule has 3 atom stereocenters. The number of hydrogen-bond donors (Lipinski definition) is 1. The standard InChI is InChI=1S/C18H29BrN4O2/c1-15(2)14(25-18(7,8)17(5,6)16(15,3)4)23-12-10(11(19)22-23)13(24)21-9-20-12/h9-10,12,14H,1-8H3,(H,20,21,24)/t10-,12-,14-/m0/s1. The van der Waals surface area contributed by atoms with Gasteiger partial charge in [-0.3, -0.25) is 4.79 Å². The Morgan fingerprint density at radius 2 is 1.72 bits per heavy atom. The van der Waals surface area contributed by atoms with E-state index in [0.717, 1.165) is 0 Å². The minimum Gasteiger partial charge on any atom is -0.350 e. The highest BCUT2D eigenvalue weighted by Gasteiger charge is 2.65. The molecule has 0 aromatic carbocycles. The summed E-state index contributed by atoms with van der Waals surface area (Å²) in [6.45, 7) is 17.9. The molecule has 3 rings (SSSR count). The molecule has 140 valence electrons. The van der Waals surface area contributed by atoms with Crippen LogP contribution in [-0.2, 0) is 9.53 Å². The quantitative estimate of drug-likeness (QED) is 0.717. The summed E-state index contributed by atoms with van der Waals surface area (Å²) in [6.07, 6.45) is 0.796. The molecule has 1 fully saturated rings. The number of carbonyl (C=O) groups excluding carboxylic acids is 1. The Bertz CT molecular complexity index is 666. The molecule has 6 nitrogen and oxygen atoms in total. The number of rotatable bonds is 1. The molecule has 0 unspecified atom stereocenters. The first-order valence-electron chi connectivity index (χ1n) is 8.78. The van der Waals surface area contributed by atoms with Gasteiger partial charge >= 0.3 is 0 Å². The second-order valence-corrected chi connectivity index (χ2v) is 10.2. The van der Waals surface area contributed by atoms with Crippen molar-refractivity contribution in [1.82, 2.24) is 10.3 Å². The van der Waals surface area contributed by atoms with Crippen LogP contribution in [0.5, 0.6) is 0 Å². The van der Waals surface area contributed by atoms with Gasteiger partial charge in [-0.15, -0.1) is 0 Å². The Labute approximate surface area is 158 Å². The van der Waals surface area contributed by atoms with Crippen LogP contribution in [0.4, 0.5) is 0 Å². The monoisotopic (exact) mass is 412 g/mol. The predicted molar refractivity (Wildman–Crippen MR) is 102 cm³/mol. The third kappa shape index (κ3) is 2.27. The van der Waals surface area contributed by atoms with Crippen LogP contribution < -0.4 is 5.32 Å². The van der Waals surface area contributed by atoms with Crippen molar-refractivity contribution in [3.05, 3.63) is 0 Å². The van der Waals surface area contributed by atoms with Gasteiger partial charge < -0.3 is 10.1 Å². The van der Waals surface area contributed by atoms with Crippen molar-refractivity contribution in [3.63, 3.8) is 0 Å². The van der Waals surface area contributed by atoms with E-state index in [4.69, 9.17) is 4.74 Å². The molecule has 0 spiro atoms.